The summed E-state index contributed by atoms with van der Waals surface area (Å²) in [6, 6.07) is 13.4. The molecule has 2 aromatic carbocycles. The van der Waals surface area contributed by atoms with Gasteiger partial charge in [0.25, 0.3) is 11.8 Å². The number of primary amides is 1. The lowest BCUT2D eigenvalue weighted by molar-refractivity contribution is -0.126. The van der Waals surface area contributed by atoms with Crippen molar-refractivity contribution in [2.75, 3.05) is 26.0 Å². The van der Waals surface area contributed by atoms with Gasteiger partial charge in [0.05, 0.1) is 12.3 Å². The molecule has 1 atom stereocenters. The third-order valence-electron chi connectivity index (χ3n) is 5.01. The van der Waals surface area contributed by atoms with Crippen LogP contribution in [0, 0.1) is 5.82 Å². The number of methoxy groups -OCH3 is 1. The number of nitrogens with one attached hydrogen (secondary N) is 1. The molecule has 3 rings (SSSR count). The molecule has 3 aromatic rings. The molecule has 3 amide bonds. The number of hydrogen-bond acceptors (Lipinski definition) is 7. The number of aromatic nitrogens is 1. The highest BCUT2D eigenvalue weighted by Crippen LogP contribution is 2.29. The Labute approximate surface area is 199 Å². The average Bonchev–Trinajstić information content (AvgIpc) is 3.23. The van der Waals surface area contributed by atoms with Crippen LogP contribution >= 0.6 is 11.5 Å². The van der Waals surface area contributed by atoms with Crippen LogP contribution in [0.25, 0.3) is 0 Å². The fourth-order valence-electron chi connectivity index (χ4n) is 3.30. The van der Waals surface area contributed by atoms with Gasteiger partial charge in [-0.1, -0.05) is 42.5 Å². The van der Waals surface area contributed by atoms with Gasteiger partial charge in [-0.15, -0.1) is 0 Å². The van der Waals surface area contributed by atoms with E-state index >= 15 is 0 Å². The lowest BCUT2D eigenvalue weighted by Gasteiger charge is -2.31. The van der Waals surface area contributed by atoms with Crippen molar-refractivity contribution in [3.05, 3.63) is 82.1 Å². The van der Waals surface area contributed by atoms with E-state index in [4.69, 9.17) is 16.2 Å². The zero-order valence-electron chi connectivity index (χ0n) is 18.4. The zero-order valence-corrected chi connectivity index (χ0v) is 19.2. The summed E-state index contributed by atoms with van der Waals surface area (Å²) in [5, 5.41) is 2.83. The molecule has 0 radical (unpaired) electrons. The summed E-state index contributed by atoms with van der Waals surface area (Å²) < 4.78 is 22.6. The Morgan fingerprint density at radius 3 is 2.41 bits per heavy atom. The Balaban J connectivity index is 1.99. The number of carbonyl (C=O) groups is 3. The quantitative estimate of drug-likeness (QED) is 0.402. The number of carbonyl (C=O) groups excluding carboxylic acids is 3. The van der Waals surface area contributed by atoms with E-state index in [1.165, 1.54) is 36.3 Å². The first kappa shape index (κ1) is 24.8. The SMILES string of the molecule is COCCN(C(=O)c1snc(C(N)=O)c1N)C(C(=O)NCc1ccccc1)c1ccc(F)cc1. The van der Waals surface area contributed by atoms with Crippen molar-refractivity contribution in [2.24, 2.45) is 5.73 Å². The first-order chi connectivity index (χ1) is 16.3. The van der Waals surface area contributed by atoms with Gasteiger partial charge in [0.2, 0.25) is 5.91 Å². The van der Waals surface area contributed by atoms with Crippen LogP contribution in [0.15, 0.2) is 54.6 Å². The largest absolute Gasteiger partial charge is 0.395 e. The number of anilines is 1. The van der Waals surface area contributed by atoms with Gasteiger partial charge in [0.1, 0.15) is 16.7 Å². The normalized spacial score (nSPS) is 11.6. The Morgan fingerprint density at radius 2 is 1.82 bits per heavy atom. The van der Waals surface area contributed by atoms with Crippen molar-refractivity contribution >= 4 is 34.9 Å². The van der Waals surface area contributed by atoms with Crippen LogP contribution in [0.5, 0.6) is 0 Å². The van der Waals surface area contributed by atoms with E-state index in [1.54, 1.807) is 0 Å². The highest BCUT2D eigenvalue weighted by molar-refractivity contribution is 7.09. The summed E-state index contributed by atoms with van der Waals surface area (Å²) in [7, 11) is 1.46. The molecule has 5 N–H and O–H groups in total. The summed E-state index contributed by atoms with van der Waals surface area (Å²) >= 11 is 0.712. The number of nitrogens with two attached hydrogens (primary N) is 2. The number of hydrogen-bond donors (Lipinski definition) is 3. The minimum absolute atomic E-state index is 0.0133. The fourth-order valence-corrected chi connectivity index (χ4v) is 4.06. The minimum atomic E-state index is -1.13. The Hall–Kier alpha value is -3.83. The van der Waals surface area contributed by atoms with Gasteiger partial charge in [-0.3, -0.25) is 14.4 Å². The summed E-state index contributed by atoms with van der Waals surface area (Å²) in [5.74, 6) is -2.48. The van der Waals surface area contributed by atoms with E-state index in [0.29, 0.717) is 17.1 Å². The lowest BCUT2D eigenvalue weighted by atomic mass is 10.0. The first-order valence-corrected chi connectivity index (χ1v) is 11.0. The van der Waals surface area contributed by atoms with Crippen molar-refractivity contribution in [2.45, 2.75) is 12.6 Å². The van der Waals surface area contributed by atoms with Gasteiger partial charge in [-0.05, 0) is 34.8 Å². The van der Waals surface area contributed by atoms with Gasteiger partial charge < -0.3 is 26.4 Å². The standard InChI is InChI=1S/C23H24FN5O4S/c1-33-12-11-29(23(32)20-17(25)18(21(26)30)28-34-20)19(15-7-9-16(24)10-8-15)22(31)27-13-14-5-3-2-4-6-14/h2-10,19H,11-13,25H2,1H3,(H2,26,30)(H,27,31). The van der Waals surface area contributed by atoms with Crippen molar-refractivity contribution in [1.29, 1.82) is 0 Å². The molecule has 9 nitrogen and oxygen atoms in total. The second kappa shape index (κ2) is 11.3. The molecule has 1 aromatic heterocycles. The molecule has 0 aliphatic carbocycles. The monoisotopic (exact) mass is 485 g/mol. The van der Waals surface area contributed by atoms with Gasteiger partial charge in [-0.25, -0.2) is 4.39 Å². The van der Waals surface area contributed by atoms with E-state index in [1.807, 2.05) is 30.3 Å². The predicted molar refractivity (Wildman–Crippen MR) is 125 cm³/mol. The van der Waals surface area contributed by atoms with Gasteiger partial charge in [0, 0.05) is 20.2 Å². The van der Waals surface area contributed by atoms with E-state index in [0.717, 1.165) is 5.56 Å². The molecule has 11 heteroatoms. The number of benzene rings is 2. The maximum atomic E-state index is 13.6. The van der Waals surface area contributed by atoms with Crippen LogP contribution in [-0.2, 0) is 16.1 Å². The Bertz CT molecular complexity index is 1150. The molecule has 178 valence electrons. The third kappa shape index (κ3) is 5.74. The fraction of sp³-hybridized carbons (Fsp3) is 0.217. The van der Waals surface area contributed by atoms with Gasteiger partial charge in [0.15, 0.2) is 5.69 Å². The summed E-state index contributed by atoms with van der Waals surface area (Å²) in [4.78, 5) is 39.7. The molecule has 34 heavy (non-hydrogen) atoms. The van der Waals surface area contributed by atoms with Crippen LogP contribution < -0.4 is 16.8 Å². The van der Waals surface area contributed by atoms with Crippen LogP contribution in [0.1, 0.15) is 37.3 Å². The molecule has 0 spiro atoms. The van der Waals surface area contributed by atoms with Crippen LogP contribution in [0.3, 0.4) is 0 Å². The number of nitrogens with zero attached hydrogens (tertiary/aromatic N) is 2. The summed E-state index contributed by atoms with van der Waals surface area (Å²) in [6.45, 7) is 0.342. The average molecular weight is 486 g/mol. The summed E-state index contributed by atoms with van der Waals surface area (Å²) in [5.41, 5.74) is 12.1. The molecule has 0 saturated carbocycles. The molecular weight excluding hydrogens is 461 g/mol. The molecule has 0 bridgehead atoms. The molecule has 0 aliphatic heterocycles. The number of amides is 3. The molecule has 1 unspecified atom stereocenters. The third-order valence-corrected chi connectivity index (χ3v) is 5.86. The topological polar surface area (TPSA) is 141 Å². The number of nitrogen functional groups attached to an aromatic ring is 1. The van der Waals surface area contributed by atoms with E-state index in [-0.39, 0.29) is 36.0 Å². The van der Waals surface area contributed by atoms with Crippen LogP contribution in [-0.4, -0.2) is 47.3 Å². The maximum Gasteiger partial charge on any atom is 0.270 e. The molecule has 0 fully saturated rings. The number of rotatable bonds is 10. The van der Waals surface area contributed by atoms with Crippen molar-refractivity contribution in [3.63, 3.8) is 0 Å². The lowest BCUT2D eigenvalue weighted by Crippen LogP contribution is -2.45. The van der Waals surface area contributed by atoms with E-state index < -0.39 is 29.6 Å². The smallest absolute Gasteiger partial charge is 0.270 e. The van der Waals surface area contributed by atoms with Crippen molar-refractivity contribution < 1.29 is 23.5 Å². The molecule has 0 saturated heterocycles. The number of halogens is 1. The maximum absolute atomic E-state index is 13.6. The second-order valence-electron chi connectivity index (χ2n) is 7.29. The zero-order chi connectivity index (χ0) is 24.7. The first-order valence-electron chi connectivity index (χ1n) is 10.3. The van der Waals surface area contributed by atoms with Gasteiger partial charge >= 0.3 is 0 Å². The number of ether oxygens (including phenoxy) is 1. The van der Waals surface area contributed by atoms with Crippen molar-refractivity contribution in [1.82, 2.24) is 14.6 Å². The van der Waals surface area contributed by atoms with Crippen LogP contribution in [0.4, 0.5) is 10.1 Å². The Morgan fingerprint density at radius 1 is 1.15 bits per heavy atom. The highest BCUT2D eigenvalue weighted by Gasteiger charge is 2.34. The van der Waals surface area contributed by atoms with E-state index in [2.05, 4.69) is 9.69 Å². The predicted octanol–water partition coefficient (Wildman–Crippen LogP) is 2.11. The van der Waals surface area contributed by atoms with Crippen molar-refractivity contribution in [3.8, 4) is 0 Å². The Kier molecular flexibility index (Phi) is 8.28. The van der Waals surface area contributed by atoms with Crippen LogP contribution in [0.2, 0.25) is 0 Å². The molecule has 1 heterocycles. The summed E-state index contributed by atoms with van der Waals surface area (Å²) in [6.07, 6.45) is 0. The minimum Gasteiger partial charge on any atom is -0.395 e. The highest BCUT2D eigenvalue weighted by atomic mass is 32.1. The van der Waals surface area contributed by atoms with Gasteiger partial charge in [-0.2, -0.15) is 4.37 Å². The molecular formula is C23H24FN5O4S. The second-order valence-corrected chi connectivity index (χ2v) is 8.06. The molecule has 0 aliphatic rings. The van der Waals surface area contributed by atoms with E-state index in [9.17, 15) is 18.8 Å².